The van der Waals surface area contributed by atoms with Gasteiger partial charge in [0, 0.05) is 17.1 Å². The number of aromatic amines is 1. The highest BCUT2D eigenvalue weighted by molar-refractivity contribution is 6.30. The van der Waals surface area contributed by atoms with Gasteiger partial charge < -0.3 is 18.8 Å². The fraction of sp³-hybridized carbons (Fsp3) is 0.273. The van der Waals surface area contributed by atoms with Crippen LogP contribution in [0, 0.1) is 5.92 Å². The molecular weight excluding hydrogens is 420 g/mol. The number of hydrogen-bond donors (Lipinski definition) is 1. The van der Waals surface area contributed by atoms with Crippen LogP contribution in [0.2, 0.25) is 5.02 Å². The van der Waals surface area contributed by atoms with Crippen molar-refractivity contribution in [1.29, 1.82) is 0 Å². The molecule has 1 unspecified atom stereocenters. The van der Waals surface area contributed by atoms with Gasteiger partial charge in [-0.25, -0.2) is 0 Å². The monoisotopic (exact) mass is 440 g/mol. The first-order chi connectivity index (χ1) is 14.8. The standard InChI is InChI=1S/C22H21ClN4O4/c1-12(2)11-27-18-8-7-14(9-17(18)24-20(28)22(27)29)19-25-21(31-26-19)13(3)30-16-6-4-5-15(23)10-16/h4-10,12-13H,11H2,1-3H3,(H,24,28). The SMILES string of the molecule is CC(C)Cn1c(=O)c(=O)[nH]c2cc(-c3noc(C(C)Oc4cccc(Cl)c4)n3)ccc21. The molecule has 8 nitrogen and oxygen atoms in total. The minimum absolute atomic E-state index is 0.211. The molecule has 0 bridgehead atoms. The highest BCUT2D eigenvalue weighted by Crippen LogP contribution is 2.26. The maximum atomic E-state index is 12.3. The number of benzene rings is 2. The zero-order chi connectivity index (χ0) is 22.1. The molecule has 9 heteroatoms. The number of nitrogens with zero attached hydrogens (tertiary/aromatic N) is 3. The average Bonchev–Trinajstić information content (AvgIpc) is 3.21. The van der Waals surface area contributed by atoms with Crippen LogP contribution >= 0.6 is 11.6 Å². The van der Waals surface area contributed by atoms with Crippen molar-refractivity contribution in [2.24, 2.45) is 5.92 Å². The summed E-state index contributed by atoms with van der Waals surface area (Å²) in [6.45, 7) is 6.21. The van der Waals surface area contributed by atoms with Crippen LogP contribution in [0.3, 0.4) is 0 Å². The molecule has 1 N–H and O–H groups in total. The van der Waals surface area contributed by atoms with E-state index >= 15 is 0 Å². The van der Waals surface area contributed by atoms with E-state index in [0.717, 1.165) is 0 Å². The van der Waals surface area contributed by atoms with Crippen LogP contribution in [0.25, 0.3) is 22.4 Å². The number of halogens is 1. The van der Waals surface area contributed by atoms with Crippen LogP contribution in [0.4, 0.5) is 0 Å². The van der Waals surface area contributed by atoms with E-state index in [0.29, 0.717) is 45.6 Å². The van der Waals surface area contributed by atoms with E-state index in [-0.39, 0.29) is 5.92 Å². The predicted octanol–water partition coefficient (Wildman–Crippen LogP) is 4.19. The Morgan fingerprint density at radius 2 is 1.97 bits per heavy atom. The first-order valence-electron chi connectivity index (χ1n) is 9.85. The van der Waals surface area contributed by atoms with Crippen molar-refractivity contribution in [3.05, 3.63) is 74.1 Å². The van der Waals surface area contributed by atoms with Gasteiger partial charge in [-0.05, 0) is 49.2 Å². The van der Waals surface area contributed by atoms with Gasteiger partial charge in [-0.2, -0.15) is 4.98 Å². The van der Waals surface area contributed by atoms with E-state index < -0.39 is 17.2 Å². The second kappa shape index (κ2) is 8.39. The Labute approximate surface area is 182 Å². The van der Waals surface area contributed by atoms with Crippen LogP contribution < -0.4 is 15.9 Å². The predicted molar refractivity (Wildman–Crippen MR) is 117 cm³/mol. The highest BCUT2D eigenvalue weighted by Gasteiger charge is 2.18. The summed E-state index contributed by atoms with van der Waals surface area (Å²) < 4.78 is 12.7. The third-order valence-electron chi connectivity index (χ3n) is 4.68. The van der Waals surface area contributed by atoms with Gasteiger partial charge in [-0.15, -0.1) is 0 Å². The Balaban J connectivity index is 1.65. The first-order valence-corrected chi connectivity index (χ1v) is 10.2. The fourth-order valence-electron chi connectivity index (χ4n) is 3.28. The lowest BCUT2D eigenvalue weighted by atomic mass is 10.1. The summed E-state index contributed by atoms with van der Waals surface area (Å²) in [4.78, 5) is 31.4. The van der Waals surface area contributed by atoms with Gasteiger partial charge in [0.2, 0.25) is 5.82 Å². The molecule has 2 aromatic carbocycles. The number of ether oxygens (including phenoxy) is 1. The molecule has 0 amide bonds. The molecule has 0 aliphatic heterocycles. The van der Waals surface area contributed by atoms with Crippen molar-refractivity contribution in [1.82, 2.24) is 19.7 Å². The molecule has 160 valence electrons. The Kier molecular flexibility index (Phi) is 5.65. The average molecular weight is 441 g/mol. The topological polar surface area (TPSA) is 103 Å². The second-order valence-electron chi connectivity index (χ2n) is 7.67. The molecule has 0 radical (unpaired) electrons. The third kappa shape index (κ3) is 4.39. The summed E-state index contributed by atoms with van der Waals surface area (Å²) in [7, 11) is 0. The van der Waals surface area contributed by atoms with Gasteiger partial charge in [-0.1, -0.05) is 36.7 Å². The molecule has 0 aliphatic carbocycles. The molecular formula is C22H21ClN4O4. The lowest BCUT2D eigenvalue weighted by Crippen LogP contribution is -2.37. The van der Waals surface area contributed by atoms with Gasteiger partial charge in [0.25, 0.3) is 5.89 Å². The summed E-state index contributed by atoms with van der Waals surface area (Å²) in [5, 5.41) is 4.60. The molecule has 0 saturated carbocycles. The maximum absolute atomic E-state index is 12.3. The van der Waals surface area contributed by atoms with E-state index in [4.69, 9.17) is 20.9 Å². The van der Waals surface area contributed by atoms with Crippen LogP contribution in [0.1, 0.15) is 32.8 Å². The van der Waals surface area contributed by atoms with Gasteiger partial charge in [0.15, 0.2) is 6.10 Å². The van der Waals surface area contributed by atoms with Crippen molar-refractivity contribution in [3.8, 4) is 17.1 Å². The fourth-order valence-corrected chi connectivity index (χ4v) is 3.46. The van der Waals surface area contributed by atoms with Crippen LogP contribution in [-0.2, 0) is 6.54 Å². The normalized spacial score (nSPS) is 12.4. The van der Waals surface area contributed by atoms with E-state index in [1.807, 2.05) is 13.8 Å². The van der Waals surface area contributed by atoms with E-state index in [1.165, 1.54) is 4.57 Å². The number of fused-ring (bicyclic) bond motifs is 1. The molecule has 0 aliphatic rings. The van der Waals surface area contributed by atoms with Gasteiger partial charge in [0.1, 0.15) is 5.75 Å². The van der Waals surface area contributed by atoms with Crippen molar-refractivity contribution in [2.45, 2.75) is 33.4 Å². The zero-order valence-corrected chi connectivity index (χ0v) is 18.0. The Bertz CT molecular complexity index is 1360. The molecule has 2 aromatic heterocycles. The number of hydrogen-bond acceptors (Lipinski definition) is 6. The Hall–Kier alpha value is -3.39. The van der Waals surface area contributed by atoms with Gasteiger partial charge >= 0.3 is 11.1 Å². The van der Waals surface area contributed by atoms with Crippen LogP contribution in [0.15, 0.2) is 56.6 Å². The zero-order valence-electron chi connectivity index (χ0n) is 17.3. The number of rotatable bonds is 6. The smallest absolute Gasteiger partial charge is 0.316 e. The summed E-state index contributed by atoms with van der Waals surface area (Å²) >= 11 is 5.99. The molecule has 4 rings (SSSR count). The highest BCUT2D eigenvalue weighted by atomic mass is 35.5. The maximum Gasteiger partial charge on any atom is 0.316 e. The summed E-state index contributed by atoms with van der Waals surface area (Å²) in [5.74, 6) is 1.45. The second-order valence-corrected chi connectivity index (χ2v) is 8.11. The molecule has 1 atom stereocenters. The van der Waals surface area contributed by atoms with E-state index in [1.54, 1.807) is 49.4 Å². The minimum atomic E-state index is -0.664. The molecule has 0 spiro atoms. The summed E-state index contributed by atoms with van der Waals surface area (Å²) in [5.41, 5.74) is 0.578. The first kappa shape index (κ1) is 20.9. The largest absolute Gasteiger partial charge is 0.481 e. The third-order valence-corrected chi connectivity index (χ3v) is 4.91. The van der Waals surface area contributed by atoms with Crippen molar-refractivity contribution >= 4 is 22.6 Å². The number of nitrogens with one attached hydrogen (secondary N) is 1. The van der Waals surface area contributed by atoms with E-state index in [2.05, 4.69) is 15.1 Å². The van der Waals surface area contributed by atoms with Crippen LogP contribution in [0.5, 0.6) is 5.75 Å². The number of H-pyrrole nitrogens is 1. The number of aromatic nitrogens is 4. The molecule has 31 heavy (non-hydrogen) atoms. The lowest BCUT2D eigenvalue weighted by Gasteiger charge is -2.12. The summed E-state index contributed by atoms with van der Waals surface area (Å²) in [6, 6.07) is 12.3. The van der Waals surface area contributed by atoms with Crippen molar-refractivity contribution < 1.29 is 9.26 Å². The van der Waals surface area contributed by atoms with E-state index in [9.17, 15) is 9.59 Å². The molecule has 0 fully saturated rings. The molecule has 0 saturated heterocycles. The van der Waals surface area contributed by atoms with Crippen molar-refractivity contribution in [3.63, 3.8) is 0 Å². The molecule has 2 heterocycles. The molecule has 4 aromatic rings. The Morgan fingerprint density at radius 1 is 1.16 bits per heavy atom. The van der Waals surface area contributed by atoms with Gasteiger partial charge in [-0.3, -0.25) is 9.59 Å². The quantitative estimate of drug-likeness (QED) is 0.451. The summed E-state index contributed by atoms with van der Waals surface area (Å²) in [6.07, 6.45) is -0.490. The minimum Gasteiger partial charge on any atom is -0.481 e. The lowest BCUT2D eigenvalue weighted by molar-refractivity contribution is 0.176. The van der Waals surface area contributed by atoms with Gasteiger partial charge in [0.05, 0.1) is 11.0 Å². The van der Waals surface area contributed by atoms with Crippen LogP contribution in [-0.4, -0.2) is 19.7 Å². The Morgan fingerprint density at radius 3 is 2.71 bits per heavy atom. The van der Waals surface area contributed by atoms with Crippen molar-refractivity contribution in [2.75, 3.05) is 0 Å².